The van der Waals surface area contributed by atoms with Gasteiger partial charge in [-0.25, -0.2) is 4.39 Å². The van der Waals surface area contributed by atoms with E-state index in [4.69, 9.17) is 5.11 Å². The van der Waals surface area contributed by atoms with Crippen molar-refractivity contribution in [3.05, 3.63) is 29.6 Å². The minimum absolute atomic E-state index is 0.103. The van der Waals surface area contributed by atoms with Gasteiger partial charge in [0.2, 0.25) is 5.91 Å². The molecule has 0 heterocycles. The van der Waals surface area contributed by atoms with Gasteiger partial charge in [-0.15, -0.1) is 0 Å². The summed E-state index contributed by atoms with van der Waals surface area (Å²) in [5.74, 6) is -3.08. The average Bonchev–Trinajstić information content (AvgIpc) is 3.03. The van der Waals surface area contributed by atoms with Gasteiger partial charge in [0.25, 0.3) is 0 Å². The van der Waals surface area contributed by atoms with Gasteiger partial charge in [0.15, 0.2) is 0 Å². The summed E-state index contributed by atoms with van der Waals surface area (Å²) in [5, 5.41) is 11.1. The van der Waals surface area contributed by atoms with Gasteiger partial charge in [-0.2, -0.15) is 0 Å². The highest BCUT2D eigenvalue weighted by Crippen LogP contribution is 2.39. The van der Waals surface area contributed by atoms with E-state index in [2.05, 4.69) is 5.32 Å². The number of amides is 1. The van der Waals surface area contributed by atoms with Gasteiger partial charge in [0, 0.05) is 0 Å². The van der Waals surface area contributed by atoms with E-state index >= 15 is 0 Å². The third-order valence-corrected chi connectivity index (χ3v) is 2.82. The van der Waals surface area contributed by atoms with Crippen molar-refractivity contribution in [3.8, 4) is 0 Å². The smallest absolute Gasteiger partial charge is 0.307 e. The third-order valence-electron chi connectivity index (χ3n) is 2.82. The van der Waals surface area contributed by atoms with Crippen molar-refractivity contribution in [1.29, 1.82) is 0 Å². The normalized spacial score (nSPS) is 22.0. The molecule has 1 aromatic carbocycles. The lowest BCUT2D eigenvalue weighted by Gasteiger charge is -2.06. The van der Waals surface area contributed by atoms with Crippen LogP contribution in [0, 0.1) is 24.6 Å². The van der Waals surface area contributed by atoms with Crippen LogP contribution in [0.15, 0.2) is 18.2 Å². The second-order valence-electron chi connectivity index (χ2n) is 4.26. The summed E-state index contributed by atoms with van der Waals surface area (Å²) in [6.45, 7) is 1.78. The Balaban J connectivity index is 2.04. The number of aryl methyl sites for hydroxylation is 1. The Labute approximate surface area is 97.4 Å². The average molecular weight is 237 g/mol. The first-order valence-electron chi connectivity index (χ1n) is 5.29. The second-order valence-corrected chi connectivity index (χ2v) is 4.26. The molecule has 5 heteroatoms. The summed E-state index contributed by atoms with van der Waals surface area (Å²) >= 11 is 0. The van der Waals surface area contributed by atoms with Gasteiger partial charge in [-0.1, -0.05) is 6.07 Å². The first-order valence-corrected chi connectivity index (χ1v) is 5.29. The molecule has 4 nitrogen and oxygen atoms in total. The highest BCUT2D eigenvalue weighted by Gasteiger charge is 2.48. The van der Waals surface area contributed by atoms with E-state index in [0.29, 0.717) is 6.42 Å². The Morgan fingerprint density at radius 2 is 2.12 bits per heavy atom. The van der Waals surface area contributed by atoms with Crippen molar-refractivity contribution >= 4 is 17.6 Å². The Hall–Kier alpha value is -1.91. The zero-order valence-electron chi connectivity index (χ0n) is 9.24. The van der Waals surface area contributed by atoms with Crippen molar-refractivity contribution in [2.24, 2.45) is 11.8 Å². The first kappa shape index (κ1) is 11.6. The zero-order chi connectivity index (χ0) is 12.6. The third kappa shape index (κ3) is 2.43. The number of nitrogens with one attached hydrogen (secondary N) is 1. The van der Waals surface area contributed by atoms with E-state index < -0.39 is 29.5 Å². The molecule has 1 fully saturated rings. The maximum absolute atomic E-state index is 13.3. The molecule has 1 aliphatic carbocycles. The number of carbonyl (C=O) groups excluding carboxylic acids is 1. The minimum atomic E-state index is -0.977. The molecule has 0 bridgehead atoms. The van der Waals surface area contributed by atoms with E-state index in [1.165, 1.54) is 12.1 Å². The number of halogens is 1. The van der Waals surface area contributed by atoms with Crippen LogP contribution in [0.25, 0.3) is 0 Å². The van der Waals surface area contributed by atoms with Crippen molar-refractivity contribution in [1.82, 2.24) is 0 Å². The van der Waals surface area contributed by atoms with Crippen molar-refractivity contribution in [2.75, 3.05) is 5.32 Å². The molecular weight excluding hydrogens is 225 g/mol. The highest BCUT2D eigenvalue weighted by atomic mass is 19.1. The Kier molecular flexibility index (Phi) is 2.83. The van der Waals surface area contributed by atoms with Gasteiger partial charge in [-0.3, -0.25) is 9.59 Å². The molecule has 2 N–H and O–H groups in total. The summed E-state index contributed by atoms with van der Waals surface area (Å²) in [4.78, 5) is 22.2. The number of hydrogen-bond donors (Lipinski definition) is 2. The fraction of sp³-hybridized carbons (Fsp3) is 0.333. The monoisotopic (exact) mass is 237 g/mol. The van der Waals surface area contributed by atoms with Crippen LogP contribution in [0.5, 0.6) is 0 Å². The van der Waals surface area contributed by atoms with Crippen LogP contribution in [0.4, 0.5) is 10.1 Å². The molecule has 0 aromatic heterocycles. The molecule has 90 valence electrons. The summed E-state index contributed by atoms with van der Waals surface area (Å²) < 4.78 is 13.3. The number of anilines is 1. The molecule has 0 spiro atoms. The lowest BCUT2D eigenvalue weighted by atomic mass is 10.2. The van der Waals surface area contributed by atoms with Gasteiger partial charge in [0.1, 0.15) is 5.82 Å². The molecule has 1 amide bonds. The SMILES string of the molecule is Cc1ccc(F)c(NC(=O)C2CC2C(=O)O)c1. The Morgan fingerprint density at radius 1 is 1.41 bits per heavy atom. The number of benzene rings is 1. The molecule has 0 radical (unpaired) electrons. The number of carboxylic acids is 1. The Bertz CT molecular complexity index is 487. The molecule has 1 saturated carbocycles. The fourth-order valence-electron chi connectivity index (χ4n) is 1.72. The van der Waals surface area contributed by atoms with Crippen LogP contribution in [0.2, 0.25) is 0 Å². The van der Waals surface area contributed by atoms with Crippen LogP contribution in [-0.4, -0.2) is 17.0 Å². The van der Waals surface area contributed by atoms with E-state index in [1.54, 1.807) is 13.0 Å². The molecule has 0 aliphatic heterocycles. The standard InChI is InChI=1S/C12H12FNO3/c1-6-2-3-9(13)10(4-6)14-11(15)7-5-8(7)12(16)17/h2-4,7-8H,5H2,1H3,(H,14,15)(H,16,17). The van der Waals surface area contributed by atoms with Crippen LogP contribution in [0.1, 0.15) is 12.0 Å². The summed E-state index contributed by atoms with van der Waals surface area (Å²) in [7, 11) is 0. The zero-order valence-corrected chi connectivity index (χ0v) is 9.24. The number of carbonyl (C=O) groups is 2. The summed E-state index contributed by atoms with van der Waals surface area (Å²) in [6, 6.07) is 4.39. The topological polar surface area (TPSA) is 66.4 Å². The largest absolute Gasteiger partial charge is 0.481 e. The molecule has 2 rings (SSSR count). The van der Waals surface area contributed by atoms with E-state index in [0.717, 1.165) is 5.56 Å². The van der Waals surface area contributed by atoms with Crippen LogP contribution >= 0.6 is 0 Å². The summed E-state index contributed by atoms with van der Waals surface area (Å²) in [5.41, 5.74) is 0.929. The first-order chi connectivity index (χ1) is 7.99. The molecular formula is C12H12FNO3. The molecule has 17 heavy (non-hydrogen) atoms. The van der Waals surface area contributed by atoms with E-state index in [-0.39, 0.29) is 5.69 Å². The lowest BCUT2D eigenvalue weighted by molar-refractivity contribution is -0.139. The van der Waals surface area contributed by atoms with Gasteiger partial charge in [0.05, 0.1) is 17.5 Å². The predicted octanol–water partition coefficient (Wildman–Crippen LogP) is 1.79. The number of carboxylic acid groups (broad SMARTS) is 1. The van der Waals surface area contributed by atoms with Crippen LogP contribution in [-0.2, 0) is 9.59 Å². The minimum Gasteiger partial charge on any atom is -0.481 e. The molecule has 1 aromatic rings. The quantitative estimate of drug-likeness (QED) is 0.842. The van der Waals surface area contributed by atoms with Gasteiger partial charge < -0.3 is 10.4 Å². The van der Waals surface area contributed by atoms with Crippen molar-refractivity contribution < 1.29 is 19.1 Å². The molecule has 0 saturated heterocycles. The maximum atomic E-state index is 13.3. The summed E-state index contributed by atoms with van der Waals surface area (Å²) in [6.07, 6.45) is 0.328. The van der Waals surface area contributed by atoms with Crippen molar-refractivity contribution in [2.45, 2.75) is 13.3 Å². The number of aliphatic carboxylic acids is 1. The fourth-order valence-corrected chi connectivity index (χ4v) is 1.72. The highest BCUT2D eigenvalue weighted by molar-refractivity contribution is 5.98. The predicted molar refractivity (Wildman–Crippen MR) is 59.0 cm³/mol. The van der Waals surface area contributed by atoms with Gasteiger partial charge >= 0.3 is 5.97 Å². The molecule has 2 atom stereocenters. The number of hydrogen-bond acceptors (Lipinski definition) is 2. The van der Waals surface area contributed by atoms with Gasteiger partial charge in [-0.05, 0) is 31.0 Å². The van der Waals surface area contributed by atoms with Crippen LogP contribution < -0.4 is 5.32 Å². The maximum Gasteiger partial charge on any atom is 0.307 e. The second kappa shape index (κ2) is 4.16. The number of rotatable bonds is 3. The Morgan fingerprint density at radius 3 is 2.71 bits per heavy atom. The van der Waals surface area contributed by atoms with Crippen molar-refractivity contribution in [3.63, 3.8) is 0 Å². The van der Waals surface area contributed by atoms with Crippen LogP contribution in [0.3, 0.4) is 0 Å². The van der Waals surface area contributed by atoms with E-state index in [1.807, 2.05) is 0 Å². The van der Waals surface area contributed by atoms with E-state index in [9.17, 15) is 14.0 Å². The molecule has 2 unspecified atom stereocenters. The lowest BCUT2D eigenvalue weighted by Crippen LogP contribution is -2.17. The molecule has 1 aliphatic rings.